The van der Waals surface area contributed by atoms with Gasteiger partial charge in [0.2, 0.25) is 0 Å². The number of nitrogens with zero attached hydrogens (tertiary/aromatic N) is 2. The number of hydrogen-bond acceptors (Lipinski definition) is 2. The third kappa shape index (κ3) is 1.47. The van der Waals surface area contributed by atoms with Crippen LogP contribution >= 0.6 is 0 Å². The molecule has 0 bridgehead atoms. The predicted octanol–water partition coefficient (Wildman–Crippen LogP) is 1.49. The largest absolute Gasteiger partial charge is 0.306 e. The van der Waals surface area contributed by atoms with Crippen LogP contribution in [-0.4, -0.2) is 25.0 Å². The van der Waals surface area contributed by atoms with Crippen LogP contribution in [0.3, 0.4) is 0 Å². The van der Waals surface area contributed by atoms with E-state index in [2.05, 4.69) is 18.0 Å². The molecule has 1 heterocycles. The van der Waals surface area contributed by atoms with Crippen molar-refractivity contribution in [2.45, 2.75) is 19.3 Å². The lowest BCUT2D eigenvalue weighted by atomic mass is 9.89. The van der Waals surface area contributed by atoms with Gasteiger partial charge in [-0.25, -0.2) is 0 Å². The fourth-order valence-corrected chi connectivity index (χ4v) is 2.31. The molecular formula is C10H16N2. The van der Waals surface area contributed by atoms with E-state index in [4.69, 9.17) is 5.26 Å². The van der Waals surface area contributed by atoms with Crippen molar-refractivity contribution < 1.29 is 0 Å². The standard InChI is InChI=1S/C10H16N2/c1-12-5-4-9(7-12)10(6-11)8-2-3-8/h8-10H,2-5,7H2,1H3. The van der Waals surface area contributed by atoms with Gasteiger partial charge in [-0.15, -0.1) is 0 Å². The van der Waals surface area contributed by atoms with Gasteiger partial charge in [-0.05, 0) is 44.7 Å². The molecule has 12 heavy (non-hydrogen) atoms. The first-order valence-corrected chi connectivity index (χ1v) is 4.89. The Morgan fingerprint density at radius 1 is 1.33 bits per heavy atom. The summed E-state index contributed by atoms with van der Waals surface area (Å²) in [6.45, 7) is 2.34. The maximum Gasteiger partial charge on any atom is 0.0662 e. The summed E-state index contributed by atoms with van der Waals surface area (Å²) in [5.41, 5.74) is 0. The van der Waals surface area contributed by atoms with E-state index in [1.54, 1.807) is 0 Å². The topological polar surface area (TPSA) is 27.0 Å². The Balaban J connectivity index is 1.93. The minimum atomic E-state index is 0.370. The van der Waals surface area contributed by atoms with Crippen LogP contribution in [0.5, 0.6) is 0 Å². The molecule has 2 rings (SSSR count). The van der Waals surface area contributed by atoms with Crippen molar-refractivity contribution in [3.05, 3.63) is 0 Å². The second-order valence-electron chi connectivity index (χ2n) is 4.30. The summed E-state index contributed by atoms with van der Waals surface area (Å²) in [5, 5.41) is 9.01. The molecule has 0 aromatic rings. The molecule has 0 aromatic heterocycles. The molecule has 0 spiro atoms. The third-order valence-corrected chi connectivity index (χ3v) is 3.21. The molecule has 1 saturated heterocycles. The first-order valence-electron chi connectivity index (χ1n) is 4.89. The lowest BCUT2D eigenvalue weighted by Gasteiger charge is -2.15. The fourth-order valence-electron chi connectivity index (χ4n) is 2.31. The molecule has 0 aromatic carbocycles. The van der Waals surface area contributed by atoms with Crippen molar-refractivity contribution in [1.29, 1.82) is 5.26 Å². The highest BCUT2D eigenvalue weighted by Gasteiger charge is 2.38. The summed E-state index contributed by atoms with van der Waals surface area (Å²) in [5.74, 6) is 1.80. The highest BCUT2D eigenvalue weighted by atomic mass is 15.1. The maximum atomic E-state index is 9.01. The summed E-state index contributed by atoms with van der Waals surface area (Å²) >= 11 is 0. The van der Waals surface area contributed by atoms with Crippen molar-refractivity contribution in [1.82, 2.24) is 4.90 Å². The Morgan fingerprint density at radius 3 is 2.50 bits per heavy atom. The van der Waals surface area contributed by atoms with Crippen molar-refractivity contribution in [2.75, 3.05) is 20.1 Å². The molecule has 2 atom stereocenters. The SMILES string of the molecule is CN1CCC(C(C#N)C2CC2)C1. The van der Waals surface area contributed by atoms with Crippen molar-refractivity contribution in [3.8, 4) is 6.07 Å². The molecule has 66 valence electrons. The van der Waals surface area contributed by atoms with Gasteiger partial charge >= 0.3 is 0 Å². The van der Waals surface area contributed by atoms with E-state index in [-0.39, 0.29) is 0 Å². The van der Waals surface area contributed by atoms with Crippen molar-refractivity contribution in [3.63, 3.8) is 0 Å². The Morgan fingerprint density at radius 2 is 2.08 bits per heavy atom. The fraction of sp³-hybridized carbons (Fsp3) is 0.900. The predicted molar refractivity (Wildman–Crippen MR) is 47.4 cm³/mol. The summed E-state index contributed by atoms with van der Waals surface area (Å²) in [6.07, 6.45) is 3.85. The molecule has 0 N–H and O–H groups in total. The van der Waals surface area contributed by atoms with Gasteiger partial charge in [0.1, 0.15) is 0 Å². The zero-order valence-corrected chi connectivity index (χ0v) is 7.66. The molecule has 1 saturated carbocycles. The van der Waals surface area contributed by atoms with E-state index in [0.717, 1.165) is 12.5 Å². The highest BCUT2D eigenvalue weighted by Crippen LogP contribution is 2.42. The summed E-state index contributed by atoms with van der Waals surface area (Å²) in [4.78, 5) is 2.34. The maximum absolute atomic E-state index is 9.01. The van der Waals surface area contributed by atoms with Crippen LogP contribution in [0.2, 0.25) is 0 Å². The molecule has 2 unspecified atom stereocenters. The van der Waals surface area contributed by atoms with Crippen LogP contribution in [0.1, 0.15) is 19.3 Å². The van der Waals surface area contributed by atoms with Gasteiger partial charge in [-0.2, -0.15) is 5.26 Å². The van der Waals surface area contributed by atoms with Crippen molar-refractivity contribution >= 4 is 0 Å². The van der Waals surface area contributed by atoms with Gasteiger partial charge in [0.15, 0.2) is 0 Å². The van der Waals surface area contributed by atoms with Gasteiger partial charge < -0.3 is 4.90 Å². The van der Waals surface area contributed by atoms with Crippen LogP contribution < -0.4 is 0 Å². The number of likely N-dealkylation sites (tertiary alicyclic amines) is 1. The minimum Gasteiger partial charge on any atom is -0.306 e. The molecule has 1 aliphatic heterocycles. The minimum absolute atomic E-state index is 0.370. The van der Waals surface area contributed by atoms with Crippen LogP contribution in [0.15, 0.2) is 0 Å². The first-order chi connectivity index (χ1) is 5.81. The Labute approximate surface area is 74.2 Å². The van der Waals surface area contributed by atoms with E-state index in [1.165, 1.54) is 25.8 Å². The van der Waals surface area contributed by atoms with Crippen LogP contribution in [-0.2, 0) is 0 Å². The van der Waals surface area contributed by atoms with Crippen molar-refractivity contribution in [2.24, 2.45) is 17.8 Å². The second-order valence-corrected chi connectivity index (χ2v) is 4.30. The van der Waals surface area contributed by atoms with E-state index < -0.39 is 0 Å². The van der Waals surface area contributed by atoms with E-state index >= 15 is 0 Å². The normalized spacial score (nSPS) is 33.2. The molecule has 0 radical (unpaired) electrons. The summed E-state index contributed by atoms with van der Waals surface area (Å²) in [6, 6.07) is 2.50. The molecule has 2 heteroatoms. The number of hydrogen-bond donors (Lipinski definition) is 0. The number of nitriles is 1. The van der Waals surface area contributed by atoms with E-state index in [9.17, 15) is 0 Å². The van der Waals surface area contributed by atoms with Crippen LogP contribution in [0.25, 0.3) is 0 Å². The smallest absolute Gasteiger partial charge is 0.0662 e. The second kappa shape index (κ2) is 3.06. The average molecular weight is 164 g/mol. The van der Waals surface area contributed by atoms with Gasteiger partial charge in [0.25, 0.3) is 0 Å². The lowest BCUT2D eigenvalue weighted by Crippen LogP contribution is -2.19. The van der Waals surface area contributed by atoms with Crippen LogP contribution in [0.4, 0.5) is 0 Å². The Hall–Kier alpha value is -0.550. The monoisotopic (exact) mass is 164 g/mol. The third-order valence-electron chi connectivity index (χ3n) is 3.21. The Bertz CT molecular complexity index is 202. The van der Waals surface area contributed by atoms with E-state index in [1.807, 2.05) is 0 Å². The van der Waals surface area contributed by atoms with Crippen LogP contribution in [0, 0.1) is 29.1 Å². The summed E-state index contributed by atoms with van der Waals surface area (Å²) in [7, 11) is 2.15. The molecule has 2 aliphatic rings. The molecule has 1 aliphatic carbocycles. The zero-order chi connectivity index (χ0) is 8.55. The highest BCUT2D eigenvalue weighted by molar-refractivity contribution is 5.00. The first kappa shape index (κ1) is 8.07. The van der Waals surface area contributed by atoms with E-state index in [0.29, 0.717) is 11.8 Å². The zero-order valence-electron chi connectivity index (χ0n) is 7.66. The number of rotatable bonds is 2. The van der Waals surface area contributed by atoms with Gasteiger partial charge in [0, 0.05) is 6.54 Å². The van der Waals surface area contributed by atoms with Gasteiger partial charge in [0.05, 0.1) is 12.0 Å². The van der Waals surface area contributed by atoms with Gasteiger partial charge in [-0.3, -0.25) is 0 Å². The Kier molecular flexibility index (Phi) is 2.06. The van der Waals surface area contributed by atoms with Gasteiger partial charge in [-0.1, -0.05) is 0 Å². The summed E-state index contributed by atoms with van der Waals surface area (Å²) < 4.78 is 0. The quantitative estimate of drug-likeness (QED) is 0.618. The average Bonchev–Trinajstić information content (AvgIpc) is 2.78. The lowest BCUT2D eigenvalue weighted by molar-refractivity contribution is 0.342. The molecular weight excluding hydrogens is 148 g/mol. The molecule has 2 nitrogen and oxygen atoms in total. The molecule has 2 fully saturated rings. The molecule has 0 amide bonds.